The van der Waals surface area contributed by atoms with Gasteiger partial charge in [0.05, 0.1) is 0 Å². The van der Waals surface area contributed by atoms with E-state index in [-0.39, 0.29) is 5.91 Å². The van der Waals surface area contributed by atoms with E-state index in [1.165, 1.54) is 24.7 Å². The maximum Gasteiger partial charge on any atom is 0.220 e. The van der Waals surface area contributed by atoms with Gasteiger partial charge in [0.1, 0.15) is 6.33 Å². The van der Waals surface area contributed by atoms with Gasteiger partial charge in [-0.3, -0.25) is 9.69 Å². The highest BCUT2D eigenvalue weighted by Gasteiger charge is 2.22. The molecular weight excluding hydrogens is 312 g/mol. The Balaban J connectivity index is 1.45. The number of hydrogen-bond acceptors (Lipinski definition) is 4. The lowest BCUT2D eigenvalue weighted by Gasteiger charge is -2.36. The van der Waals surface area contributed by atoms with Crippen LogP contribution in [0.3, 0.4) is 0 Å². The summed E-state index contributed by atoms with van der Waals surface area (Å²) < 4.78 is 0. The zero-order chi connectivity index (χ0) is 17.3. The Morgan fingerprint density at radius 3 is 2.72 bits per heavy atom. The first-order chi connectivity index (χ1) is 12.3. The number of hydrogen-bond donors (Lipinski definition) is 1. The number of nitrogens with zero attached hydrogens (tertiary/aromatic N) is 3. The summed E-state index contributed by atoms with van der Waals surface area (Å²) in [5.41, 5.74) is 2.34. The monoisotopic (exact) mass is 338 g/mol. The van der Waals surface area contributed by atoms with E-state index in [0.717, 1.165) is 31.6 Å². The summed E-state index contributed by atoms with van der Waals surface area (Å²) in [6, 6.07) is 11.0. The average Bonchev–Trinajstić information content (AvgIpc) is 2.67. The van der Waals surface area contributed by atoms with Crippen molar-refractivity contribution in [3.63, 3.8) is 0 Å². The Morgan fingerprint density at radius 2 is 1.92 bits per heavy atom. The molecule has 132 valence electrons. The fraction of sp³-hybridized carbons (Fsp3) is 0.450. The lowest BCUT2D eigenvalue weighted by atomic mass is 10.0. The van der Waals surface area contributed by atoms with Crippen LogP contribution in [-0.2, 0) is 17.8 Å². The van der Waals surface area contributed by atoms with Crippen LogP contribution in [0.4, 0.5) is 0 Å². The summed E-state index contributed by atoms with van der Waals surface area (Å²) in [5, 5.41) is 3.12. The molecule has 5 heteroatoms. The molecule has 0 aliphatic carbocycles. The molecule has 5 nitrogen and oxygen atoms in total. The lowest BCUT2D eigenvalue weighted by Crippen LogP contribution is -2.46. The van der Waals surface area contributed by atoms with Gasteiger partial charge in [-0.15, -0.1) is 0 Å². The van der Waals surface area contributed by atoms with Gasteiger partial charge in [-0.2, -0.15) is 0 Å². The number of benzene rings is 1. The second kappa shape index (κ2) is 9.28. The molecule has 1 aliphatic rings. The molecule has 1 N–H and O–H groups in total. The van der Waals surface area contributed by atoms with Crippen LogP contribution in [-0.4, -0.2) is 39.9 Å². The summed E-state index contributed by atoms with van der Waals surface area (Å²) in [4.78, 5) is 22.6. The summed E-state index contributed by atoms with van der Waals surface area (Å²) in [7, 11) is 0. The van der Waals surface area contributed by atoms with Crippen LogP contribution in [0.25, 0.3) is 0 Å². The average molecular weight is 338 g/mol. The molecule has 2 heterocycles. The molecule has 3 rings (SSSR count). The minimum Gasteiger partial charge on any atom is -0.355 e. The first kappa shape index (κ1) is 17.5. The van der Waals surface area contributed by atoms with Crippen LogP contribution < -0.4 is 5.32 Å². The van der Waals surface area contributed by atoms with Crippen molar-refractivity contribution in [1.82, 2.24) is 20.2 Å². The van der Waals surface area contributed by atoms with Gasteiger partial charge in [-0.25, -0.2) is 9.97 Å². The van der Waals surface area contributed by atoms with Crippen molar-refractivity contribution < 1.29 is 4.79 Å². The van der Waals surface area contributed by atoms with Crippen molar-refractivity contribution in [1.29, 1.82) is 0 Å². The molecule has 0 radical (unpaired) electrons. The maximum absolute atomic E-state index is 12.2. The highest BCUT2D eigenvalue weighted by atomic mass is 16.1. The third kappa shape index (κ3) is 5.64. The second-order valence-corrected chi connectivity index (χ2v) is 6.66. The normalized spacial score (nSPS) is 18.0. The van der Waals surface area contributed by atoms with E-state index in [4.69, 9.17) is 0 Å². The third-order valence-electron chi connectivity index (χ3n) is 4.77. The molecule has 0 saturated carbocycles. The van der Waals surface area contributed by atoms with E-state index in [0.29, 0.717) is 18.9 Å². The van der Waals surface area contributed by atoms with Crippen molar-refractivity contribution in [2.75, 3.05) is 13.1 Å². The Morgan fingerprint density at radius 1 is 1.12 bits per heavy atom. The third-order valence-corrected chi connectivity index (χ3v) is 4.77. The Hall–Kier alpha value is -2.27. The zero-order valence-electron chi connectivity index (χ0n) is 14.6. The van der Waals surface area contributed by atoms with Gasteiger partial charge < -0.3 is 5.32 Å². The van der Waals surface area contributed by atoms with Crippen molar-refractivity contribution in [2.45, 2.75) is 44.7 Å². The fourth-order valence-electron chi connectivity index (χ4n) is 3.35. The van der Waals surface area contributed by atoms with Gasteiger partial charge in [0.15, 0.2) is 0 Å². The largest absolute Gasteiger partial charge is 0.355 e. The molecule has 2 aromatic rings. The van der Waals surface area contributed by atoms with Crippen LogP contribution in [0, 0.1) is 0 Å². The van der Waals surface area contributed by atoms with Gasteiger partial charge in [0.25, 0.3) is 0 Å². The van der Waals surface area contributed by atoms with Gasteiger partial charge in [-0.1, -0.05) is 36.8 Å². The number of aromatic nitrogens is 2. The number of piperidine rings is 1. The maximum atomic E-state index is 12.2. The van der Waals surface area contributed by atoms with Crippen LogP contribution in [0.15, 0.2) is 49.1 Å². The molecule has 0 bridgehead atoms. The smallest absolute Gasteiger partial charge is 0.220 e. The first-order valence-electron chi connectivity index (χ1n) is 9.10. The molecule has 1 atom stereocenters. The number of likely N-dealkylation sites (tertiary alicyclic amines) is 1. The molecule has 0 unspecified atom stereocenters. The molecule has 1 aromatic carbocycles. The highest BCUT2D eigenvalue weighted by molar-refractivity contribution is 5.76. The van der Waals surface area contributed by atoms with E-state index in [9.17, 15) is 4.79 Å². The minimum absolute atomic E-state index is 0.106. The molecule has 1 aromatic heterocycles. The van der Waals surface area contributed by atoms with E-state index >= 15 is 0 Å². The predicted molar refractivity (Wildman–Crippen MR) is 97.9 cm³/mol. The minimum atomic E-state index is 0.106. The molecule has 1 fully saturated rings. The van der Waals surface area contributed by atoms with E-state index in [2.05, 4.69) is 50.5 Å². The Labute approximate surface area is 149 Å². The number of aryl methyl sites for hydroxylation is 1. The molecule has 1 amide bonds. The van der Waals surface area contributed by atoms with Crippen molar-refractivity contribution in [2.24, 2.45) is 0 Å². The number of amides is 1. The van der Waals surface area contributed by atoms with Crippen LogP contribution >= 0.6 is 0 Å². The lowest BCUT2D eigenvalue weighted by molar-refractivity contribution is -0.121. The summed E-state index contributed by atoms with van der Waals surface area (Å²) in [6.07, 6.45) is 9.85. The first-order valence-corrected chi connectivity index (χ1v) is 9.10. The molecule has 1 aliphatic heterocycles. The summed E-state index contributed by atoms with van der Waals surface area (Å²) in [6.45, 7) is 2.80. The molecule has 0 spiro atoms. The Bertz CT molecular complexity index is 647. The van der Waals surface area contributed by atoms with E-state index in [1.54, 1.807) is 12.4 Å². The van der Waals surface area contributed by atoms with E-state index < -0.39 is 0 Å². The number of nitrogens with one attached hydrogen (secondary N) is 1. The molecular formula is C20H26N4O. The molecule has 1 saturated heterocycles. The molecule has 25 heavy (non-hydrogen) atoms. The van der Waals surface area contributed by atoms with Crippen molar-refractivity contribution in [3.05, 3.63) is 60.2 Å². The van der Waals surface area contributed by atoms with E-state index in [1.807, 2.05) is 0 Å². The number of carbonyl (C=O) groups excluding carboxylic acids is 1. The topological polar surface area (TPSA) is 58.1 Å². The van der Waals surface area contributed by atoms with Gasteiger partial charge in [0, 0.05) is 37.9 Å². The van der Waals surface area contributed by atoms with Gasteiger partial charge >= 0.3 is 0 Å². The van der Waals surface area contributed by atoms with Gasteiger partial charge in [-0.05, 0) is 36.9 Å². The summed E-state index contributed by atoms with van der Waals surface area (Å²) >= 11 is 0. The number of carbonyl (C=O) groups is 1. The Kier molecular flexibility index (Phi) is 6.51. The van der Waals surface area contributed by atoms with Crippen LogP contribution in [0.2, 0.25) is 0 Å². The highest BCUT2D eigenvalue weighted by Crippen LogP contribution is 2.19. The summed E-state index contributed by atoms with van der Waals surface area (Å²) in [5.74, 6) is 0.106. The quantitative estimate of drug-likeness (QED) is 0.843. The van der Waals surface area contributed by atoms with Crippen molar-refractivity contribution >= 4 is 5.91 Å². The van der Waals surface area contributed by atoms with Crippen LogP contribution in [0.5, 0.6) is 0 Å². The van der Waals surface area contributed by atoms with Crippen LogP contribution in [0.1, 0.15) is 36.8 Å². The predicted octanol–water partition coefficient (Wildman–Crippen LogP) is 2.58. The second-order valence-electron chi connectivity index (χ2n) is 6.66. The van der Waals surface area contributed by atoms with Gasteiger partial charge in [0.2, 0.25) is 5.91 Å². The van der Waals surface area contributed by atoms with Crippen molar-refractivity contribution in [3.8, 4) is 0 Å². The standard InChI is InChI=1S/C20H26N4O/c25-20(10-9-18-12-21-16-22-13-18)23-14-19-8-4-5-11-24(19)15-17-6-2-1-3-7-17/h1-3,6-7,12-13,16,19H,4-5,8-11,14-15H2,(H,23,25)/t19-/m0/s1. The fourth-order valence-corrected chi connectivity index (χ4v) is 3.35. The number of rotatable bonds is 7. The zero-order valence-corrected chi connectivity index (χ0v) is 14.6. The SMILES string of the molecule is O=C(CCc1cncnc1)NC[C@@H]1CCCCN1Cc1ccccc1.